The van der Waals surface area contributed by atoms with E-state index in [2.05, 4.69) is 0 Å². The summed E-state index contributed by atoms with van der Waals surface area (Å²) in [5, 5.41) is 11.1. The van der Waals surface area contributed by atoms with E-state index in [1.165, 1.54) is 0 Å². The van der Waals surface area contributed by atoms with E-state index in [4.69, 9.17) is 5.11 Å². The zero-order valence-electron chi connectivity index (χ0n) is 11.2. The van der Waals surface area contributed by atoms with Gasteiger partial charge in [0.15, 0.2) is 0 Å². The van der Waals surface area contributed by atoms with Gasteiger partial charge < -0.3 is 10.0 Å². The summed E-state index contributed by atoms with van der Waals surface area (Å²) in [6.07, 6.45) is 0.885. The lowest BCUT2D eigenvalue weighted by atomic mass is 10.0. The maximum Gasteiger partial charge on any atom is 0.254 e. The van der Waals surface area contributed by atoms with Crippen molar-refractivity contribution in [1.82, 2.24) is 4.90 Å². The molecule has 2 aromatic carbocycles. The molecule has 2 rings (SSSR count). The van der Waals surface area contributed by atoms with Crippen LogP contribution in [0.4, 0.5) is 0 Å². The average Bonchev–Trinajstić information content (AvgIpc) is 2.46. The van der Waals surface area contributed by atoms with Crippen LogP contribution in [0.25, 0.3) is 10.8 Å². The fourth-order valence-electron chi connectivity index (χ4n) is 2.29. The number of hydrogen-bond donors (Lipinski definition) is 1. The zero-order chi connectivity index (χ0) is 13.7. The van der Waals surface area contributed by atoms with E-state index in [9.17, 15) is 4.79 Å². The van der Waals surface area contributed by atoms with Crippen molar-refractivity contribution < 1.29 is 9.90 Å². The number of aliphatic hydroxyl groups is 1. The molecule has 1 N–H and O–H groups in total. The van der Waals surface area contributed by atoms with Gasteiger partial charge in [0.25, 0.3) is 5.91 Å². The molecule has 0 aliphatic carbocycles. The molecule has 0 saturated carbocycles. The van der Waals surface area contributed by atoms with Crippen molar-refractivity contribution in [2.75, 3.05) is 19.7 Å². The van der Waals surface area contributed by atoms with Gasteiger partial charge in [0, 0.05) is 18.7 Å². The Balaban J connectivity index is 2.39. The lowest BCUT2D eigenvalue weighted by Gasteiger charge is -2.21. The summed E-state index contributed by atoms with van der Waals surface area (Å²) in [6.45, 7) is 3.08. The summed E-state index contributed by atoms with van der Waals surface area (Å²) in [5.74, 6) is -0.00676. The van der Waals surface area contributed by atoms with Crippen molar-refractivity contribution in [1.29, 1.82) is 0 Å². The third kappa shape index (κ3) is 2.93. The van der Waals surface area contributed by atoms with E-state index in [-0.39, 0.29) is 12.5 Å². The molecule has 0 bridgehead atoms. The van der Waals surface area contributed by atoms with Gasteiger partial charge in [-0.2, -0.15) is 0 Å². The third-order valence-electron chi connectivity index (χ3n) is 3.17. The Morgan fingerprint density at radius 1 is 1.11 bits per heavy atom. The molecule has 0 aromatic heterocycles. The molecular weight excluding hydrogens is 238 g/mol. The zero-order valence-corrected chi connectivity index (χ0v) is 11.2. The van der Waals surface area contributed by atoms with Crippen molar-refractivity contribution in [2.24, 2.45) is 0 Å². The Morgan fingerprint density at radius 3 is 2.58 bits per heavy atom. The van der Waals surface area contributed by atoms with E-state index in [1.54, 1.807) is 4.90 Å². The second kappa shape index (κ2) is 6.34. The van der Waals surface area contributed by atoms with Gasteiger partial charge in [0.05, 0.1) is 6.61 Å². The standard InChI is InChI=1S/C16H19NO2/c1-2-10-17(11-12-18)16(19)15-9-5-7-13-6-3-4-8-14(13)15/h3-9,18H,2,10-12H2,1H3. The Morgan fingerprint density at radius 2 is 1.84 bits per heavy atom. The molecule has 0 aliphatic rings. The van der Waals surface area contributed by atoms with Gasteiger partial charge in [0.2, 0.25) is 0 Å². The summed E-state index contributed by atoms with van der Waals surface area (Å²) in [4.78, 5) is 14.3. The molecule has 0 aliphatic heterocycles. The van der Waals surface area contributed by atoms with E-state index >= 15 is 0 Å². The van der Waals surface area contributed by atoms with Crippen molar-refractivity contribution in [3.63, 3.8) is 0 Å². The molecule has 1 amide bonds. The highest BCUT2D eigenvalue weighted by Crippen LogP contribution is 2.20. The summed E-state index contributed by atoms with van der Waals surface area (Å²) >= 11 is 0. The van der Waals surface area contributed by atoms with Gasteiger partial charge in [0.1, 0.15) is 0 Å². The van der Waals surface area contributed by atoms with Crippen LogP contribution in [0, 0.1) is 0 Å². The maximum atomic E-state index is 12.6. The van der Waals surface area contributed by atoms with E-state index in [0.717, 1.165) is 17.2 Å². The predicted molar refractivity (Wildman–Crippen MR) is 77.2 cm³/mol. The van der Waals surface area contributed by atoms with Crippen molar-refractivity contribution >= 4 is 16.7 Å². The van der Waals surface area contributed by atoms with Crippen LogP contribution in [-0.2, 0) is 0 Å². The SMILES string of the molecule is CCCN(CCO)C(=O)c1cccc2ccccc12. The van der Waals surface area contributed by atoms with Crippen molar-refractivity contribution in [2.45, 2.75) is 13.3 Å². The summed E-state index contributed by atoms with van der Waals surface area (Å²) < 4.78 is 0. The number of benzene rings is 2. The third-order valence-corrected chi connectivity index (χ3v) is 3.17. The van der Waals surface area contributed by atoms with E-state index in [0.29, 0.717) is 18.7 Å². The fraction of sp³-hybridized carbons (Fsp3) is 0.312. The van der Waals surface area contributed by atoms with Crippen LogP contribution in [0.3, 0.4) is 0 Å². The van der Waals surface area contributed by atoms with Crippen LogP contribution in [-0.4, -0.2) is 35.6 Å². The predicted octanol–water partition coefficient (Wildman–Crippen LogP) is 2.68. The molecule has 0 fully saturated rings. The Bertz CT molecular complexity index is 554. The highest BCUT2D eigenvalue weighted by atomic mass is 16.3. The summed E-state index contributed by atoms with van der Waals surface area (Å²) in [5.41, 5.74) is 0.708. The second-order valence-electron chi connectivity index (χ2n) is 4.54. The van der Waals surface area contributed by atoms with Crippen LogP contribution in [0.1, 0.15) is 23.7 Å². The van der Waals surface area contributed by atoms with Gasteiger partial charge >= 0.3 is 0 Å². The minimum absolute atomic E-state index is 0.00347. The second-order valence-corrected chi connectivity index (χ2v) is 4.54. The van der Waals surface area contributed by atoms with Crippen LogP contribution in [0.5, 0.6) is 0 Å². The number of carbonyl (C=O) groups is 1. The molecule has 100 valence electrons. The van der Waals surface area contributed by atoms with Gasteiger partial charge in [-0.15, -0.1) is 0 Å². The molecule has 2 aromatic rings. The van der Waals surface area contributed by atoms with Gasteiger partial charge in [-0.3, -0.25) is 4.79 Å². The molecule has 0 heterocycles. The minimum atomic E-state index is -0.00676. The smallest absolute Gasteiger partial charge is 0.254 e. The van der Waals surface area contributed by atoms with E-state index in [1.807, 2.05) is 49.4 Å². The molecule has 19 heavy (non-hydrogen) atoms. The normalized spacial score (nSPS) is 10.6. The fourth-order valence-corrected chi connectivity index (χ4v) is 2.29. The maximum absolute atomic E-state index is 12.6. The van der Waals surface area contributed by atoms with Gasteiger partial charge in [-0.25, -0.2) is 0 Å². The first-order valence-electron chi connectivity index (χ1n) is 6.65. The summed E-state index contributed by atoms with van der Waals surface area (Å²) in [7, 11) is 0. The number of amides is 1. The molecule has 0 unspecified atom stereocenters. The molecular formula is C16H19NO2. The topological polar surface area (TPSA) is 40.5 Å². The molecule has 3 nitrogen and oxygen atoms in total. The number of carbonyl (C=O) groups excluding carboxylic acids is 1. The number of rotatable bonds is 5. The van der Waals surface area contributed by atoms with Crippen molar-refractivity contribution in [3.8, 4) is 0 Å². The van der Waals surface area contributed by atoms with Crippen LogP contribution < -0.4 is 0 Å². The first-order valence-corrected chi connectivity index (χ1v) is 6.65. The minimum Gasteiger partial charge on any atom is -0.395 e. The highest BCUT2D eigenvalue weighted by Gasteiger charge is 2.16. The Labute approximate surface area is 113 Å². The van der Waals surface area contributed by atoms with Crippen LogP contribution in [0.15, 0.2) is 42.5 Å². The lowest BCUT2D eigenvalue weighted by Crippen LogP contribution is -2.34. The molecule has 0 spiro atoms. The molecule has 0 saturated heterocycles. The Hall–Kier alpha value is -1.87. The monoisotopic (exact) mass is 257 g/mol. The first kappa shape index (κ1) is 13.6. The van der Waals surface area contributed by atoms with Crippen molar-refractivity contribution in [3.05, 3.63) is 48.0 Å². The Kier molecular flexibility index (Phi) is 4.53. The van der Waals surface area contributed by atoms with Crippen LogP contribution >= 0.6 is 0 Å². The van der Waals surface area contributed by atoms with Gasteiger partial charge in [-0.1, -0.05) is 43.3 Å². The number of nitrogens with zero attached hydrogens (tertiary/aromatic N) is 1. The lowest BCUT2D eigenvalue weighted by molar-refractivity contribution is 0.0724. The average molecular weight is 257 g/mol. The number of aliphatic hydroxyl groups excluding tert-OH is 1. The molecule has 3 heteroatoms. The quantitative estimate of drug-likeness (QED) is 0.894. The van der Waals surface area contributed by atoms with E-state index < -0.39 is 0 Å². The largest absolute Gasteiger partial charge is 0.395 e. The number of fused-ring (bicyclic) bond motifs is 1. The highest BCUT2D eigenvalue weighted by molar-refractivity contribution is 6.07. The molecule has 0 radical (unpaired) electrons. The van der Waals surface area contributed by atoms with Crippen LogP contribution in [0.2, 0.25) is 0 Å². The first-order chi connectivity index (χ1) is 9.27. The molecule has 0 atom stereocenters. The summed E-state index contributed by atoms with van der Waals surface area (Å²) in [6, 6.07) is 13.6. The van der Waals surface area contributed by atoms with Gasteiger partial charge in [-0.05, 0) is 23.3 Å². The number of hydrogen-bond acceptors (Lipinski definition) is 2.